The molecule has 0 radical (unpaired) electrons. The first-order valence-corrected chi connectivity index (χ1v) is 11.1. The molecule has 2 heterocycles. The number of nitrogens with one attached hydrogen (secondary N) is 1. The molecular formula is C23H28N4O2. The first-order valence-electron chi connectivity index (χ1n) is 11.1. The maximum atomic E-state index is 12.8. The number of aromatic nitrogens is 3. The second-order valence-corrected chi connectivity index (χ2v) is 8.86. The van der Waals surface area contributed by atoms with Gasteiger partial charge in [-0.3, -0.25) is 9.59 Å². The van der Waals surface area contributed by atoms with Crippen LogP contribution in [0, 0.1) is 17.8 Å². The smallest absolute Gasteiger partial charge is 0.227 e. The summed E-state index contributed by atoms with van der Waals surface area (Å²) >= 11 is 0. The Balaban J connectivity index is 1.27. The van der Waals surface area contributed by atoms with Gasteiger partial charge in [-0.15, -0.1) is 10.2 Å². The van der Waals surface area contributed by atoms with Crippen LogP contribution in [0.3, 0.4) is 0 Å². The molecule has 29 heavy (non-hydrogen) atoms. The van der Waals surface area contributed by atoms with Crippen LogP contribution in [0.5, 0.6) is 0 Å². The zero-order valence-electron chi connectivity index (χ0n) is 16.8. The highest BCUT2D eigenvalue weighted by atomic mass is 16.2. The highest BCUT2D eigenvalue weighted by Gasteiger charge is 2.41. The van der Waals surface area contributed by atoms with Gasteiger partial charge in [0.05, 0.1) is 0 Å². The topological polar surface area (TPSA) is 76.9 Å². The van der Waals surface area contributed by atoms with Gasteiger partial charge in [0, 0.05) is 42.0 Å². The SMILES string of the molecule is O=C(Nc1ccc(-c2nnc3n2CCCCC3)cc1)C1C[C@H]2CCC[C@@H](C1)C2=O. The van der Waals surface area contributed by atoms with Crippen LogP contribution in [0.1, 0.15) is 57.2 Å². The van der Waals surface area contributed by atoms with Gasteiger partial charge in [-0.2, -0.15) is 0 Å². The minimum absolute atomic E-state index is 0.0464. The summed E-state index contributed by atoms with van der Waals surface area (Å²) in [4.78, 5) is 25.1. The molecule has 5 rings (SSSR count). The van der Waals surface area contributed by atoms with E-state index in [9.17, 15) is 9.59 Å². The number of rotatable bonds is 3. The number of anilines is 1. The number of fused-ring (bicyclic) bond motifs is 3. The highest BCUT2D eigenvalue weighted by Crippen LogP contribution is 2.40. The van der Waals surface area contributed by atoms with Crippen LogP contribution in [0.4, 0.5) is 5.69 Å². The van der Waals surface area contributed by atoms with E-state index in [2.05, 4.69) is 20.1 Å². The fourth-order valence-electron chi connectivity index (χ4n) is 5.34. The molecule has 1 aromatic heterocycles. The molecule has 6 heteroatoms. The number of benzene rings is 1. The largest absolute Gasteiger partial charge is 0.326 e. The van der Waals surface area contributed by atoms with Crippen molar-refractivity contribution < 1.29 is 9.59 Å². The third kappa shape index (κ3) is 3.61. The van der Waals surface area contributed by atoms with E-state index >= 15 is 0 Å². The summed E-state index contributed by atoms with van der Waals surface area (Å²) < 4.78 is 2.23. The van der Waals surface area contributed by atoms with Gasteiger partial charge in [0.2, 0.25) is 5.91 Å². The van der Waals surface area contributed by atoms with Crippen LogP contribution < -0.4 is 5.32 Å². The molecule has 1 N–H and O–H groups in total. The third-order valence-corrected chi connectivity index (χ3v) is 6.94. The van der Waals surface area contributed by atoms with Gasteiger partial charge in [-0.1, -0.05) is 12.8 Å². The molecule has 1 aromatic carbocycles. The van der Waals surface area contributed by atoms with Gasteiger partial charge in [0.25, 0.3) is 0 Å². The summed E-state index contributed by atoms with van der Waals surface area (Å²) in [5.74, 6) is 2.60. The van der Waals surface area contributed by atoms with Gasteiger partial charge < -0.3 is 9.88 Å². The van der Waals surface area contributed by atoms with Gasteiger partial charge in [-0.05, 0) is 62.8 Å². The molecular weight excluding hydrogens is 364 g/mol. The molecule has 1 amide bonds. The number of aryl methyl sites for hydroxylation is 1. The first-order chi connectivity index (χ1) is 14.2. The van der Waals surface area contributed by atoms with Crippen LogP contribution >= 0.6 is 0 Å². The third-order valence-electron chi connectivity index (χ3n) is 6.94. The van der Waals surface area contributed by atoms with Crippen LogP contribution in [0.25, 0.3) is 11.4 Å². The Morgan fingerprint density at radius 3 is 2.48 bits per heavy atom. The number of hydrogen-bond acceptors (Lipinski definition) is 4. The van der Waals surface area contributed by atoms with Crippen molar-refractivity contribution in [2.75, 3.05) is 5.32 Å². The average molecular weight is 393 g/mol. The summed E-state index contributed by atoms with van der Waals surface area (Å²) in [6.07, 6.45) is 9.04. The zero-order chi connectivity index (χ0) is 19.8. The number of carbonyl (C=O) groups is 2. The van der Waals surface area contributed by atoms with Crippen molar-refractivity contribution in [3.8, 4) is 11.4 Å². The maximum absolute atomic E-state index is 12.8. The van der Waals surface area contributed by atoms with E-state index in [4.69, 9.17) is 0 Å². The zero-order valence-corrected chi connectivity index (χ0v) is 16.8. The van der Waals surface area contributed by atoms with Crippen LogP contribution in [-0.4, -0.2) is 26.5 Å². The molecule has 6 nitrogen and oxygen atoms in total. The Bertz CT molecular complexity index is 901. The molecule has 3 atom stereocenters. The Labute approximate surface area is 171 Å². The lowest BCUT2D eigenvalue weighted by atomic mass is 9.67. The molecule has 2 aliphatic carbocycles. The molecule has 2 bridgehead atoms. The normalized spacial score (nSPS) is 26.5. The summed E-state index contributed by atoms with van der Waals surface area (Å²) in [5, 5.41) is 11.8. The fourth-order valence-corrected chi connectivity index (χ4v) is 5.34. The molecule has 1 aliphatic heterocycles. The van der Waals surface area contributed by atoms with Gasteiger partial charge >= 0.3 is 0 Å². The molecule has 152 valence electrons. The van der Waals surface area contributed by atoms with Crippen molar-refractivity contribution in [2.45, 2.75) is 64.3 Å². The quantitative estimate of drug-likeness (QED) is 0.856. The van der Waals surface area contributed by atoms with E-state index in [1.54, 1.807) is 0 Å². The van der Waals surface area contributed by atoms with Crippen LogP contribution in [0.15, 0.2) is 24.3 Å². The van der Waals surface area contributed by atoms with Crippen molar-refractivity contribution in [1.29, 1.82) is 0 Å². The summed E-state index contributed by atoms with van der Waals surface area (Å²) in [6.45, 7) is 0.971. The second kappa shape index (κ2) is 7.73. The highest BCUT2D eigenvalue weighted by molar-refractivity contribution is 5.95. The van der Waals surface area contributed by atoms with Gasteiger partial charge in [-0.25, -0.2) is 0 Å². The standard InChI is InChI=1S/C23H28N4O2/c28-21-16-5-4-6-17(21)14-18(13-16)23(29)24-19-10-8-15(9-11-19)22-26-25-20-7-2-1-3-12-27(20)22/h8-11,16-18H,1-7,12-14H2,(H,24,29)/t16-,17+,18?. The number of carbonyl (C=O) groups excluding carboxylic acids is 2. The van der Waals surface area contributed by atoms with Crippen molar-refractivity contribution in [2.24, 2.45) is 17.8 Å². The molecule has 2 fully saturated rings. The Morgan fingerprint density at radius 2 is 1.72 bits per heavy atom. The number of amides is 1. The van der Waals surface area contributed by atoms with E-state index in [1.807, 2.05) is 24.3 Å². The number of ketones is 1. The lowest BCUT2D eigenvalue weighted by Gasteiger charge is -2.36. The molecule has 0 saturated heterocycles. The van der Waals surface area contributed by atoms with Crippen molar-refractivity contribution >= 4 is 17.4 Å². The number of hydrogen-bond donors (Lipinski definition) is 1. The van der Waals surface area contributed by atoms with E-state index in [1.165, 1.54) is 12.8 Å². The predicted octanol–water partition coefficient (Wildman–Crippen LogP) is 4.01. The Morgan fingerprint density at radius 1 is 0.966 bits per heavy atom. The maximum Gasteiger partial charge on any atom is 0.227 e. The minimum atomic E-state index is -0.0464. The molecule has 2 aromatic rings. The summed E-state index contributed by atoms with van der Waals surface area (Å²) in [6, 6.07) is 7.91. The van der Waals surface area contributed by atoms with Crippen LogP contribution in [0.2, 0.25) is 0 Å². The van der Waals surface area contributed by atoms with Crippen LogP contribution in [-0.2, 0) is 22.6 Å². The molecule has 3 aliphatic rings. The monoisotopic (exact) mass is 392 g/mol. The number of nitrogens with zero attached hydrogens (tertiary/aromatic N) is 3. The number of Topliss-reactive ketones (excluding diaryl/α,β-unsaturated/α-hetero) is 1. The summed E-state index contributed by atoms with van der Waals surface area (Å²) in [5.41, 5.74) is 1.83. The van der Waals surface area contributed by atoms with E-state index < -0.39 is 0 Å². The summed E-state index contributed by atoms with van der Waals surface area (Å²) in [7, 11) is 0. The fraction of sp³-hybridized carbons (Fsp3) is 0.565. The van der Waals surface area contributed by atoms with Gasteiger partial charge in [0.15, 0.2) is 5.82 Å². The first kappa shape index (κ1) is 18.5. The Hall–Kier alpha value is -2.50. The molecule has 2 saturated carbocycles. The van der Waals surface area contributed by atoms with Crippen molar-refractivity contribution in [1.82, 2.24) is 14.8 Å². The lowest BCUT2D eigenvalue weighted by Crippen LogP contribution is -2.40. The van der Waals surface area contributed by atoms with Crippen molar-refractivity contribution in [3.63, 3.8) is 0 Å². The van der Waals surface area contributed by atoms with E-state index in [0.29, 0.717) is 18.6 Å². The van der Waals surface area contributed by atoms with Gasteiger partial charge in [0.1, 0.15) is 11.6 Å². The van der Waals surface area contributed by atoms with Crippen molar-refractivity contribution in [3.05, 3.63) is 30.1 Å². The van der Waals surface area contributed by atoms with E-state index in [-0.39, 0.29) is 23.7 Å². The predicted molar refractivity (Wildman–Crippen MR) is 110 cm³/mol. The second-order valence-electron chi connectivity index (χ2n) is 8.86. The Kier molecular flexibility index (Phi) is 4.94. The molecule has 0 spiro atoms. The molecule has 1 unspecified atom stereocenters. The lowest BCUT2D eigenvalue weighted by molar-refractivity contribution is -0.136. The average Bonchev–Trinajstić information content (AvgIpc) is 2.96. The van der Waals surface area contributed by atoms with E-state index in [0.717, 1.165) is 61.5 Å². The minimum Gasteiger partial charge on any atom is -0.326 e.